The quantitative estimate of drug-likeness (QED) is 0.0504. The van der Waals surface area contributed by atoms with Gasteiger partial charge in [-0.15, -0.1) is 0 Å². The number of quaternary nitrogens is 1. The summed E-state index contributed by atoms with van der Waals surface area (Å²) in [5.41, 5.74) is 8.44. The number of rotatable bonds is 12. The van der Waals surface area contributed by atoms with Crippen LogP contribution >= 0.6 is 44.9 Å². The number of fused-ring (bicyclic) bond motifs is 1. The van der Waals surface area contributed by atoms with E-state index < -0.39 is 62.5 Å². The molecule has 532 valence electrons. The monoisotopic (exact) mass is 1570 g/mol. The number of carbonyl (C=O) groups is 3. The van der Waals surface area contributed by atoms with E-state index in [-0.39, 0.29) is 55.8 Å². The summed E-state index contributed by atoms with van der Waals surface area (Å²) in [6, 6.07) is 30.6. The number of carboxylic acids is 1. The maximum Gasteiger partial charge on any atom is 0.430 e. The third-order valence-electron chi connectivity index (χ3n) is 14.3. The average Bonchev–Trinajstić information content (AvgIpc) is 1.57. The molecule has 96 heavy (non-hydrogen) atoms. The smallest absolute Gasteiger partial charge is 0.430 e. The number of amides is 2. The molecular formula is C63H85Cl2F3IN9O14S4. The van der Waals surface area contributed by atoms with Crippen molar-refractivity contribution < 1.29 is 81.1 Å². The van der Waals surface area contributed by atoms with Gasteiger partial charge in [-0.25, -0.2) is 66.6 Å². The molecule has 23 nitrogen and oxygen atoms in total. The van der Waals surface area contributed by atoms with Crippen molar-refractivity contribution in [2.24, 2.45) is 5.73 Å². The summed E-state index contributed by atoms with van der Waals surface area (Å²) in [6.07, 6.45) is 2.89. The Kier molecular flexibility index (Phi) is 31.8. The number of alkyl halides is 3. The number of aliphatic carboxylic acids is 1. The first kappa shape index (κ1) is 82.7. The summed E-state index contributed by atoms with van der Waals surface area (Å²) in [6.45, 7) is 21.6. The van der Waals surface area contributed by atoms with Crippen LogP contribution in [0, 0.1) is 3.70 Å². The third-order valence-corrected chi connectivity index (χ3v) is 21.9. The Labute approximate surface area is 584 Å². The topological polar surface area (TPSA) is 333 Å². The number of halogens is 6. The molecule has 33 heteroatoms. The summed E-state index contributed by atoms with van der Waals surface area (Å²) in [7, 11) is -9.02. The summed E-state index contributed by atoms with van der Waals surface area (Å²) in [5.74, 6) is -3.01. The van der Waals surface area contributed by atoms with Crippen LogP contribution in [0.1, 0.15) is 118 Å². The van der Waals surface area contributed by atoms with Crippen LogP contribution in [0.4, 0.5) is 22.8 Å². The second-order valence-electron chi connectivity index (χ2n) is 24.1. The molecule has 0 unspecified atom stereocenters. The summed E-state index contributed by atoms with van der Waals surface area (Å²) >= 11 is 7.92. The number of nitrogens with two attached hydrogens (primary N) is 2. The molecule has 5 heterocycles. The van der Waals surface area contributed by atoms with Crippen molar-refractivity contribution in [3.8, 4) is 0 Å². The predicted molar refractivity (Wildman–Crippen MR) is 367 cm³/mol. The molecule has 6 N–H and O–H groups in total. The van der Waals surface area contributed by atoms with Gasteiger partial charge in [-0.2, -0.15) is 13.2 Å². The van der Waals surface area contributed by atoms with Gasteiger partial charge in [0.25, 0.3) is 19.1 Å². The molecule has 0 saturated carbocycles. The molecule has 2 amide bonds. The van der Waals surface area contributed by atoms with Crippen molar-refractivity contribution in [1.29, 1.82) is 0 Å². The van der Waals surface area contributed by atoms with Crippen molar-refractivity contribution >= 4 is 113 Å². The van der Waals surface area contributed by atoms with E-state index in [9.17, 15) is 56.4 Å². The lowest BCUT2D eigenvalue weighted by Gasteiger charge is -2.33. The highest BCUT2D eigenvalue weighted by Gasteiger charge is 2.32. The maximum absolute atomic E-state index is 12.7. The van der Waals surface area contributed by atoms with Crippen molar-refractivity contribution in [2.45, 2.75) is 175 Å². The van der Waals surface area contributed by atoms with Gasteiger partial charge in [-0.3, -0.25) is 0 Å². The highest BCUT2D eigenvalue weighted by Crippen LogP contribution is 2.29. The van der Waals surface area contributed by atoms with E-state index in [1.54, 1.807) is 82.6 Å². The zero-order valence-electron chi connectivity index (χ0n) is 54.8. The largest absolute Gasteiger partial charge is 0.542 e. The fourth-order valence-corrected chi connectivity index (χ4v) is 15.3. The second kappa shape index (κ2) is 36.9. The minimum atomic E-state index is -5.19. The molecule has 0 aliphatic carbocycles. The molecule has 4 aromatic carbocycles. The van der Waals surface area contributed by atoms with Crippen molar-refractivity contribution in [3.63, 3.8) is 0 Å². The van der Waals surface area contributed by atoms with Gasteiger partial charge in [0.05, 0.1) is 41.8 Å². The number of carbonyl (C=O) groups excluding carboxylic acids is 3. The predicted octanol–water partition coefficient (Wildman–Crippen LogP) is 8.93. The SMILES string of the molecule is CC(C)(C)OC(=O)N1CCC(N)CC1.CCc1ccc(S(=O)(=O)Cl)cc1.CCc1ccc(S(=O)(=O)NC2CCN(C(=O)OC(C)(C)C)CC2)cc1.CCc1ccc(S(=O)(=O)NC2CC[NH2+]CC2)cc1.O=C([O-])C(F)(F)F.O=S(=O)(c1ccccc1)n1c(I)cc2c(Cl)ncnc21. The van der Waals surface area contributed by atoms with Gasteiger partial charge >= 0.3 is 18.4 Å². The van der Waals surface area contributed by atoms with Gasteiger partial charge in [0.15, 0.2) is 5.65 Å². The number of sulfonamides is 2. The molecule has 9 rings (SSSR count). The number of ether oxygens (including phenoxy) is 2. The highest BCUT2D eigenvalue weighted by molar-refractivity contribution is 14.1. The molecule has 3 saturated heterocycles. The Morgan fingerprint density at radius 3 is 1.35 bits per heavy atom. The van der Waals surface area contributed by atoms with Crippen LogP contribution < -0.4 is 25.6 Å². The molecule has 0 spiro atoms. The summed E-state index contributed by atoms with van der Waals surface area (Å²) in [5, 5.41) is 11.8. The third kappa shape index (κ3) is 27.5. The molecular weight excluding hydrogens is 1490 g/mol. The average molecular weight is 1580 g/mol. The van der Waals surface area contributed by atoms with Gasteiger partial charge in [0.2, 0.25) is 20.0 Å². The van der Waals surface area contributed by atoms with Crippen molar-refractivity contribution in [1.82, 2.24) is 33.2 Å². The summed E-state index contributed by atoms with van der Waals surface area (Å²) < 4.78 is 146. The second-order valence-corrected chi connectivity index (χ2v) is 33.3. The minimum Gasteiger partial charge on any atom is -0.542 e. The van der Waals surface area contributed by atoms with E-state index in [1.165, 1.54) is 22.4 Å². The number of benzene rings is 4. The molecule has 3 aliphatic heterocycles. The lowest BCUT2D eigenvalue weighted by atomic mass is 10.1. The minimum absolute atomic E-state index is 0.0888. The molecule has 0 radical (unpaired) electrons. The van der Waals surface area contributed by atoms with E-state index in [2.05, 4.69) is 31.7 Å². The van der Waals surface area contributed by atoms with Crippen molar-refractivity contribution in [3.05, 3.63) is 141 Å². The number of likely N-dealkylation sites (tertiary alicyclic amines) is 2. The number of hydrogen-bond acceptors (Lipinski definition) is 17. The van der Waals surface area contributed by atoms with E-state index in [0.717, 1.165) is 87.8 Å². The lowest BCUT2D eigenvalue weighted by molar-refractivity contribution is -0.663. The molecule has 3 fully saturated rings. The van der Waals surface area contributed by atoms with Crippen LogP contribution in [0.3, 0.4) is 0 Å². The molecule has 3 aliphatic rings. The lowest BCUT2D eigenvalue weighted by Crippen LogP contribution is -2.87. The standard InChI is InChI=1S/C18H28N2O4S.C13H20N2O2S.C12H7ClIN3O2S.C10H20N2O2.C8H9ClO2S.C2HF3O2/c1-5-14-6-8-16(9-7-14)25(22,23)19-15-10-12-20(13-11-15)17(21)24-18(2,3)4;1-2-11-3-5-13(6-4-11)18(16,17)15-12-7-9-14-10-8-12;13-11-9-6-10(14)17(12(9)16-7-15-11)20(18,19)8-4-2-1-3-5-8;1-10(2,3)14-9(13)12-6-4-8(11)5-7-12;1-2-7-3-5-8(6-4-7)12(9,10)11;3-2(4,5)1(6)7/h6-9,15,19H,5,10-13H2,1-4H3;3-6,12,14-15H,2,7-10H2,1H3;1-7H;8H,4-7,11H2,1-3H3;3-6H,2H2,1H3;(H,6,7). The number of nitrogens with zero attached hydrogens (tertiary/aromatic N) is 5. The summed E-state index contributed by atoms with van der Waals surface area (Å²) in [4.78, 5) is 44.7. The van der Waals surface area contributed by atoms with Gasteiger partial charge in [-0.1, -0.05) is 87.0 Å². The number of hydrogen-bond donors (Lipinski definition) is 4. The Balaban J connectivity index is 0.000000253. The van der Waals surface area contributed by atoms with Gasteiger partial charge in [0.1, 0.15) is 28.7 Å². The van der Waals surface area contributed by atoms with E-state index >= 15 is 0 Å². The Bertz CT molecular complexity index is 3940. The van der Waals surface area contributed by atoms with Crippen LogP contribution in [0.2, 0.25) is 5.15 Å². The highest BCUT2D eigenvalue weighted by atomic mass is 127. The van der Waals surface area contributed by atoms with E-state index in [1.807, 2.05) is 102 Å². The Morgan fingerprint density at radius 2 is 0.990 bits per heavy atom. The Hall–Kier alpha value is -5.75. The van der Waals surface area contributed by atoms with Crippen LogP contribution in [0.25, 0.3) is 11.0 Å². The zero-order valence-corrected chi connectivity index (χ0v) is 61.8. The first-order chi connectivity index (χ1) is 44.6. The van der Waals surface area contributed by atoms with Gasteiger partial charge < -0.3 is 40.2 Å². The van der Waals surface area contributed by atoms with Crippen LogP contribution in [-0.4, -0.2) is 150 Å². The number of aromatic nitrogens is 3. The van der Waals surface area contributed by atoms with E-state index in [0.29, 0.717) is 39.9 Å². The number of carboxylic acid groups (broad SMARTS) is 1. The normalized spacial score (nSPS) is 15.3. The van der Waals surface area contributed by atoms with Crippen LogP contribution in [0.5, 0.6) is 0 Å². The Morgan fingerprint density at radius 1 is 0.615 bits per heavy atom. The van der Waals surface area contributed by atoms with Crippen LogP contribution in [-0.2, 0) is 72.7 Å². The van der Waals surface area contributed by atoms with Crippen molar-refractivity contribution in [2.75, 3.05) is 39.3 Å². The molecule has 0 bridgehead atoms. The number of nitrogens with one attached hydrogen (secondary N) is 2. The molecule has 0 atom stereocenters. The molecule has 2 aromatic heterocycles. The fraction of sp³-hybridized carbons (Fsp3) is 0.476. The van der Waals surface area contributed by atoms with Gasteiger partial charge in [0, 0.05) is 67.8 Å². The number of aryl methyl sites for hydroxylation is 3. The zero-order chi connectivity index (χ0) is 72.0. The van der Waals surface area contributed by atoms with E-state index in [4.69, 9.17) is 47.4 Å². The van der Waals surface area contributed by atoms with Gasteiger partial charge in [-0.05, 0) is 180 Å². The number of piperidine rings is 3. The van der Waals surface area contributed by atoms with Crippen LogP contribution in [0.15, 0.2) is 135 Å². The maximum atomic E-state index is 12.7. The first-order valence-corrected chi connectivity index (χ1v) is 38.8. The fourth-order valence-electron chi connectivity index (χ4n) is 9.09. The molecule has 6 aromatic rings. The first-order valence-electron chi connectivity index (χ1n) is 30.7.